The summed E-state index contributed by atoms with van der Waals surface area (Å²) in [6, 6.07) is 19.5. The molecule has 1 unspecified atom stereocenters. The SMILES string of the molecule is COc1cc(N2CCN(C(=O)CN3CCC(c4ccc(NC5CCC(=O)NC5=O)nc4C)CC3)CC2)c(-c2cnn(C)c2)cc1Nc1ncc(Br)c(Nc2ccc3ccccc3c2P(C)(C)=O)n1. The zero-order chi connectivity index (χ0) is 47.7. The van der Waals surface area contributed by atoms with Gasteiger partial charge in [-0.25, -0.2) is 9.97 Å². The second kappa shape index (κ2) is 19.7. The average molecular weight is 1000 g/mol. The van der Waals surface area contributed by atoms with E-state index in [9.17, 15) is 18.9 Å². The van der Waals surface area contributed by atoms with Crippen LogP contribution in [-0.4, -0.2) is 125 Å². The zero-order valence-corrected chi connectivity index (χ0v) is 41.4. The zero-order valence-electron chi connectivity index (χ0n) is 38.9. The van der Waals surface area contributed by atoms with Gasteiger partial charge in [-0.15, -0.1) is 0 Å². The van der Waals surface area contributed by atoms with Crippen molar-refractivity contribution < 1.29 is 23.7 Å². The number of hydrogen-bond acceptors (Lipinski definition) is 14. The Bertz CT molecular complexity index is 2940. The number of aromatic nitrogens is 5. The lowest BCUT2D eigenvalue weighted by atomic mass is 9.88. The van der Waals surface area contributed by atoms with E-state index < -0.39 is 13.2 Å². The molecular weight excluding hydrogens is 947 g/mol. The topological polar surface area (TPSA) is 192 Å². The highest BCUT2D eigenvalue weighted by molar-refractivity contribution is 9.10. The number of hydrogen-bond donors (Lipinski definition) is 4. The highest BCUT2D eigenvalue weighted by Gasteiger charge is 2.30. The van der Waals surface area contributed by atoms with Crippen LogP contribution in [-0.2, 0) is 26.0 Å². The van der Waals surface area contributed by atoms with Gasteiger partial charge in [-0.1, -0.05) is 36.4 Å². The van der Waals surface area contributed by atoms with Crippen LogP contribution in [0.25, 0.3) is 21.9 Å². The van der Waals surface area contributed by atoms with Crippen molar-refractivity contribution in [1.29, 1.82) is 0 Å². The molecule has 0 aliphatic carbocycles. The molecule has 6 aromatic rings. The predicted molar refractivity (Wildman–Crippen MR) is 271 cm³/mol. The van der Waals surface area contributed by atoms with Crippen molar-refractivity contribution in [3.8, 4) is 16.9 Å². The van der Waals surface area contributed by atoms with E-state index in [1.165, 1.54) is 5.56 Å². The summed E-state index contributed by atoms with van der Waals surface area (Å²) in [7, 11) is 0.807. The summed E-state index contributed by atoms with van der Waals surface area (Å²) in [5.41, 5.74) is 6.30. The number of nitrogens with one attached hydrogen (secondary N) is 4. The van der Waals surface area contributed by atoms with Crippen LogP contribution in [0.4, 0.5) is 34.6 Å². The summed E-state index contributed by atoms with van der Waals surface area (Å²) >= 11 is 3.62. The van der Waals surface area contributed by atoms with Gasteiger partial charge in [-0.3, -0.25) is 29.3 Å². The number of anilines is 6. The Morgan fingerprint density at radius 1 is 0.926 bits per heavy atom. The van der Waals surface area contributed by atoms with E-state index in [4.69, 9.17) is 14.7 Å². The van der Waals surface area contributed by atoms with Crippen LogP contribution in [0.5, 0.6) is 5.75 Å². The molecule has 17 nitrogen and oxygen atoms in total. The van der Waals surface area contributed by atoms with Crippen molar-refractivity contribution in [3.05, 3.63) is 95.0 Å². The molecule has 3 aromatic carbocycles. The lowest BCUT2D eigenvalue weighted by Gasteiger charge is -2.39. The van der Waals surface area contributed by atoms with Gasteiger partial charge in [0.1, 0.15) is 30.6 Å². The summed E-state index contributed by atoms with van der Waals surface area (Å²) in [4.78, 5) is 58.3. The third-order valence-electron chi connectivity index (χ3n) is 13.1. The number of ether oxygens (including phenoxy) is 1. The molecule has 0 radical (unpaired) electrons. The van der Waals surface area contributed by atoms with Crippen LogP contribution in [0.3, 0.4) is 0 Å². The first kappa shape index (κ1) is 46.7. The van der Waals surface area contributed by atoms with Crippen LogP contribution >= 0.6 is 23.1 Å². The molecule has 0 saturated carbocycles. The molecule has 3 amide bonds. The van der Waals surface area contributed by atoms with Gasteiger partial charge in [-0.2, -0.15) is 10.1 Å². The van der Waals surface area contributed by atoms with Gasteiger partial charge < -0.3 is 35.1 Å². The number of fused-ring (bicyclic) bond motifs is 1. The summed E-state index contributed by atoms with van der Waals surface area (Å²) < 4.78 is 22.1. The third kappa shape index (κ3) is 10.2. The molecule has 0 spiro atoms. The lowest BCUT2D eigenvalue weighted by molar-refractivity contribution is -0.134. The number of likely N-dealkylation sites (tertiary alicyclic amines) is 1. The number of amides is 3. The van der Waals surface area contributed by atoms with Crippen molar-refractivity contribution in [2.24, 2.45) is 7.05 Å². The Hall–Kier alpha value is -6.36. The molecule has 1 atom stereocenters. The standard InChI is InChI=1S/C49H56BrN12O5P/c1-30-34(11-14-43(53-30)54-39-13-15-44(63)57-48(39)65)32-16-18-60(19-17-32)29-45(64)62-22-20-61(21-23-62)41-25-42(67-3)40(24-36(41)33-26-52-59(2)28-33)56-49-51-27-37(50)47(58-49)55-38-12-10-31-8-6-7-9-35(31)46(38)68(4,5)66/h6-12,14,24-28,32,39H,13,15-23,29H2,1-5H3,(H,53,54)(H,57,63,65)(H2,51,55,56,58). The van der Waals surface area contributed by atoms with Crippen LogP contribution in [0.2, 0.25) is 0 Å². The van der Waals surface area contributed by atoms with E-state index in [0.29, 0.717) is 90.7 Å². The van der Waals surface area contributed by atoms with Gasteiger partial charge in [0.15, 0.2) is 0 Å². The molecular formula is C49H56BrN12O5P. The normalized spacial score (nSPS) is 17.3. The van der Waals surface area contributed by atoms with E-state index in [0.717, 1.165) is 64.5 Å². The highest BCUT2D eigenvalue weighted by atomic mass is 79.9. The highest BCUT2D eigenvalue weighted by Crippen LogP contribution is 2.43. The Balaban J connectivity index is 0.848. The number of carbonyl (C=O) groups is 3. The van der Waals surface area contributed by atoms with Crippen LogP contribution < -0.4 is 36.2 Å². The van der Waals surface area contributed by atoms with Crippen molar-refractivity contribution in [2.75, 3.05) is 87.1 Å². The number of pyridine rings is 1. The molecule has 19 heteroatoms. The first-order valence-corrected chi connectivity index (χ1v) is 26.3. The minimum absolute atomic E-state index is 0.132. The van der Waals surface area contributed by atoms with Crippen molar-refractivity contribution in [3.63, 3.8) is 0 Å². The fraction of sp³-hybridized carbons (Fsp3) is 0.367. The summed E-state index contributed by atoms with van der Waals surface area (Å²) in [6.45, 7) is 10.0. The number of methoxy groups -OCH3 is 1. The van der Waals surface area contributed by atoms with Crippen LogP contribution in [0, 0.1) is 6.92 Å². The number of rotatable bonds is 13. The molecule has 68 heavy (non-hydrogen) atoms. The van der Waals surface area contributed by atoms with Crippen molar-refractivity contribution >= 4 is 91.5 Å². The predicted octanol–water partition coefficient (Wildman–Crippen LogP) is 6.99. The number of piperazine rings is 1. The van der Waals surface area contributed by atoms with Gasteiger partial charge in [-0.05, 0) is 109 Å². The van der Waals surface area contributed by atoms with Gasteiger partial charge in [0.25, 0.3) is 0 Å². The monoisotopic (exact) mass is 1000 g/mol. The number of aryl methyl sites for hydroxylation is 2. The molecule has 3 aliphatic rings. The molecule has 6 heterocycles. The first-order chi connectivity index (χ1) is 32.7. The lowest BCUT2D eigenvalue weighted by Crippen LogP contribution is -2.52. The Morgan fingerprint density at radius 3 is 2.41 bits per heavy atom. The van der Waals surface area contributed by atoms with Gasteiger partial charge in [0.05, 0.1) is 35.7 Å². The molecule has 354 valence electrons. The minimum Gasteiger partial charge on any atom is -0.494 e. The minimum atomic E-state index is -2.72. The fourth-order valence-electron chi connectivity index (χ4n) is 9.57. The van der Waals surface area contributed by atoms with Gasteiger partial charge >= 0.3 is 0 Å². The van der Waals surface area contributed by atoms with Gasteiger partial charge in [0, 0.05) is 85.9 Å². The van der Waals surface area contributed by atoms with Crippen LogP contribution in [0.1, 0.15) is 42.9 Å². The first-order valence-electron chi connectivity index (χ1n) is 22.9. The third-order valence-corrected chi connectivity index (χ3v) is 15.2. The Morgan fingerprint density at radius 2 is 1.71 bits per heavy atom. The number of halogens is 1. The summed E-state index contributed by atoms with van der Waals surface area (Å²) in [5.74, 6) is 1.96. The second-order valence-electron chi connectivity index (χ2n) is 18.1. The van der Waals surface area contributed by atoms with E-state index in [1.54, 1.807) is 31.3 Å². The number of benzene rings is 3. The molecule has 3 saturated heterocycles. The second-order valence-corrected chi connectivity index (χ2v) is 22.1. The Labute approximate surface area is 403 Å². The average Bonchev–Trinajstić information content (AvgIpc) is 3.76. The maximum Gasteiger partial charge on any atom is 0.249 e. The van der Waals surface area contributed by atoms with Gasteiger partial charge in [0.2, 0.25) is 23.7 Å². The quantitative estimate of drug-likeness (QED) is 0.0684. The Kier molecular flexibility index (Phi) is 13.5. The van der Waals surface area contributed by atoms with Crippen LogP contribution in [0.15, 0.2) is 83.7 Å². The van der Waals surface area contributed by atoms with E-state index in [2.05, 4.69) is 63.1 Å². The molecule has 3 aliphatic heterocycles. The molecule has 0 bridgehead atoms. The number of carbonyl (C=O) groups excluding carboxylic acids is 3. The van der Waals surface area contributed by atoms with Crippen molar-refractivity contribution in [2.45, 2.75) is 44.6 Å². The van der Waals surface area contributed by atoms with E-state index in [-0.39, 0.29) is 17.7 Å². The van der Waals surface area contributed by atoms with E-state index in [1.807, 2.05) is 85.9 Å². The largest absolute Gasteiger partial charge is 0.494 e. The van der Waals surface area contributed by atoms with Crippen molar-refractivity contribution in [1.82, 2.24) is 39.8 Å². The number of piperidine rings is 2. The molecule has 9 rings (SSSR count). The summed E-state index contributed by atoms with van der Waals surface area (Å²) in [5, 5.41) is 19.6. The maximum atomic E-state index is 13.8. The molecule has 3 fully saturated rings. The van der Waals surface area contributed by atoms with E-state index >= 15 is 0 Å². The molecule has 4 N–H and O–H groups in total. The fourth-order valence-corrected chi connectivity index (χ4v) is 11.4. The number of imide groups is 1. The smallest absolute Gasteiger partial charge is 0.249 e. The maximum absolute atomic E-state index is 13.8. The summed E-state index contributed by atoms with van der Waals surface area (Å²) in [6.07, 6.45) is 8.09. The molecule has 3 aromatic heterocycles. The number of nitrogens with zero attached hydrogens (tertiary/aromatic N) is 8.